The van der Waals surface area contributed by atoms with Gasteiger partial charge in [-0.3, -0.25) is 9.59 Å². The number of hydrogen-bond acceptors (Lipinski definition) is 5. The number of esters is 1. The number of carbonyl (C=O) groups excluding carboxylic acids is 2. The van der Waals surface area contributed by atoms with Crippen molar-refractivity contribution >= 4 is 11.9 Å². The molecule has 2 rings (SSSR count). The van der Waals surface area contributed by atoms with Crippen molar-refractivity contribution in [1.82, 2.24) is 4.90 Å². The van der Waals surface area contributed by atoms with Crippen LogP contribution in [0.3, 0.4) is 0 Å². The van der Waals surface area contributed by atoms with Crippen molar-refractivity contribution in [2.75, 3.05) is 33.4 Å². The second-order valence-corrected chi connectivity index (χ2v) is 6.27. The molecule has 1 amide bonds. The highest BCUT2D eigenvalue weighted by atomic mass is 16.5. The SMILES string of the molecule is COC(=O)C(C)CN(CC1CCCO1)C(=O)CCOc1ccccc1. The van der Waals surface area contributed by atoms with Gasteiger partial charge >= 0.3 is 5.97 Å². The summed E-state index contributed by atoms with van der Waals surface area (Å²) in [7, 11) is 1.36. The zero-order valence-corrected chi connectivity index (χ0v) is 15.0. The van der Waals surface area contributed by atoms with Crippen LogP contribution in [0.1, 0.15) is 26.2 Å². The summed E-state index contributed by atoms with van der Waals surface area (Å²) < 4.78 is 16.0. The van der Waals surface area contributed by atoms with Crippen molar-refractivity contribution in [2.45, 2.75) is 32.3 Å². The highest BCUT2D eigenvalue weighted by Gasteiger charge is 2.26. The van der Waals surface area contributed by atoms with Gasteiger partial charge in [-0.2, -0.15) is 0 Å². The topological polar surface area (TPSA) is 65.1 Å². The lowest BCUT2D eigenvalue weighted by atomic mass is 10.1. The first-order chi connectivity index (χ1) is 12.1. The molecule has 138 valence electrons. The second kappa shape index (κ2) is 10.0. The number of nitrogens with zero attached hydrogens (tertiary/aromatic N) is 1. The van der Waals surface area contributed by atoms with Crippen LogP contribution < -0.4 is 4.74 Å². The minimum Gasteiger partial charge on any atom is -0.493 e. The summed E-state index contributed by atoms with van der Waals surface area (Å²) in [5, 5.41) is 0. The minimum atomic E-state index is -0.370. The highest BCUT2D eigenvalue weighted by Crippen LogP contribution is 2.16. The van der Waals surface area contributed by atoms with Crippen molar-refractivity contribution in [1.29, 1.82) is 0 Å². The van der Waals surface area contributed by atoms with Crippen molar-refractivity contribution in [2.24, 2.45) is 5.92 Å². The summed E-state index contributed by atoms with van der Waals surface area (Å²) in [4.78, 5) is 26.0. The monoisotopic (exact) mass is 349 g/mol. The molecule has 0 aromatic heterocycles. The van der Waals surface area contributed by atoms with E-state index in [0.717, 1.165) is 25.2 Å². The van der Waals surface area contributed by atoms with Crippen molar-refractivity contribution < 1.29 is 23.8 Å². The Bertz CT molecular complexity index is 542. The van der Waals surface area contributed by atoms with Crippen LogP contribution in [0.4, 0.5) is 0 Å². The molecule has 1 fully saturated rings. The van der Waals surface area contributed by atoms with Crippen molar-refractivity contribution in [3.8, 4) is 5.75 Å². The van der Waals surface area contributed by atoms with Crippen molar-refractivity contribution in [3.05, 3.63) is 30.3 Å². The number of carbonyl (C=O) groups is 2. The molecule has 2 unspecified atom stereocenters. The molecular formula is C19H27NO5. The zero-order valence-electron chi connectivity index (χ0n) is 15.0. The van der Waals surface area contributed by atoms with E-state index in [1.165, 1.54) is 7.11 Å². The molecule has 0 spiro atoms. The summed E-state index contributed by atoms with van der Waals surface area (Å²) in [5.74, 6) is 0.0159. The Morgan fingerprint density at radius 3 is 2.72 bits per heavy atom. The number of rotatable bonds is 9. The predicted octanol–water partition coefficient (Wildman–Crippen LogP) is 2.27. The van der Waals surface area contributed by atoms with E-state index in [0.29, 0.717) is 19.7 Å². The summed E-state index contributed by atoms with van der Waals surface area (Å²) in [6.07, 6.45) is 2.26. The quantitative estimate of drug-likeness (QED) is 0.640. The Kier molecular flexibility index (Phi) is 7.73. The van der Waals surface area contributed by atoms with Gasteiger partial charge in [-0.05, 0) is 25.0 Å². The molecule has 6 nitrogen and oxygen atoms in total. The Hall–Kier alpha value is -2.08. The maximum Gasteiger partial charge on any atom is 0.310 e. The van der Waals surface area contributed by atoms with Crippen LogP contribution in [0.2, 0.25) is 0 Å². The van der Waals surface area contributed by atoms with Crippen LogP contribution in [-0.4, -0.2) is 56.3 Å². The van der Waals surface area contributed by atoms with Gasteiger partial charge in [0.2, 0.25) is 5.91 Å². The molecule has 25 heavy (non-hydrogen) atoms. The van der Waals surface area contributed by atoms with Crippen LogP contribution in [0, 0.1) is 5.92 Å². The summed E-state index contributed by atoms with van der Waals surface area (Å²) in [5.41, 5.74) is 0. The average molecular weight is 349 g/mol. The molecule has 1 aliphatic heterocycles. The van der Waals surface area contributed by atoms with Gasteiger partial charge in [0.1, 0.15) is 5.75 Å². The van der Waals surface area contributed by atoms with Gasteiger partial charge < -0.3 is 19.1 Å². The lowest BCUT2D eigenvalue weighted by Gasteiger charge is -2.27. The van der Waals surface area contributed by atoms with Gasteiger partial charge in [-0.1, -0.05) is 25.1 Å². The molecule has 0 N–H and O–H groups in total. The van der Waals surface area contributed by atoms with Gasteiger partial charge in [0.05, 0.1) is 32.2 Å². The molecule has 0 radical (unpaired) electrons. The maximum atomic E-state index is 12.6. The normalized spacial score (nSPS) is 17.8. The molecule has 1 heterocycles. The van der Waals surface area contributed by atoms with Crippen LogP contribution in [0.15, 0.2) is 30.3 Å². The van der Waals surface area contributed by atoms with E-state index in [2.05, 4.69) is 0 Å². The molecule has 1 aliphatic rings. The number of hydrogen-bond donors (Lipinski definition) is 0. The number of ether oxygens (including phenoxy) is 3. The lowest BCUT2D eigenvalue weighted by molar-refractivity contribution is -0.147. The minimum absolute atomic E-state index is 0.0396. The third-order valence-corrected chi connectivity index (χ3v) is 4.23. The fraction of sp³-hybridized carbons (Fsp3) is 0.579. The predicted molar refractivity (Wildman–Crippen MR) is 93.3 cm³/mol. The van der Waals surface area contributed by atoms with E-state index in [-0.39, 0.29) is 30.3 Å². The summed E-state index contributed by atoms with van der Waals surface area (Å²) in [6, 6.07) is 9.40. The first-order valence-corrected chi connectivity index (χ1v) is 8.75. The molecule has 6 heteroatoms. The molecule has 1 aromatic carbocycles. The summed E-state index contributed by atoms with van der Waals surface area (Å²) in [6.45, 7) is 3.64. The largest absolute Gasteiger partial charge is 0.493 e. The molecule has 0 bridgehead atoms. The fourth-order valence-corrected chi connectivity index (χ4v) is 2.85. The lowest BCUT2D eigenvalue weighted by Crippen LogP contribution is -2.42. The molecule has 0 aliphatic carbocycles. The third-order valence-electron chi connectivity index (χ3n) is 4.23. The highest BCUT2D eigenvalue weighted by molar-refractivity contribution is 5.78. The van der Waals surface area contributed by atoms with Crippen LogP contribution >= 0.6 is 0 Å². The van der Waals surface area contributed by atoms with E-state index in [4.69, 9.17) is 14.2 Å². The Balaban J connectivity index is 1.87. The van der Waals surface area contributed by atoms with Gasteiger partial charge in [-0.15, -0.1) is 0 Å². The van der Waals surface area contributed by atoms with Crippen LogP contribution in [-0.2, 0) is 19.1 Å². The summed E-state index contributed by atoms with van der Waals surface area (Å²) >= 11 is 0. The van der Waals surface area contributed by atoms with Crippen LogP contribution in [0.25, 0.3) is 0 Å². The first-order valence-electron chi connectivity index (χ1n) is 8.75. The Morgan fingerprint density at radius 1 is 1.32 bits per heavy atom. The fourth-order valence-electron chi connectivity index (χ4n) is 2.85. The van der Waals surface area contributed by atoms with Gasteiger partial charge in [0, 0.05) is 19.7 Å². The number of para-hydroxylation sites is 1. The standard InChI is InChI=1S/C19H27NO5/c1-15(19(22)23-2)13-20(14-17-9-6-11-24-17)18(21)10-12-25-16-7-4-3-5-8-16/h3-5,7-8,15,17H,6,9-14H2,1-2H3. The van der Waals surface area contributed by atoms with Crippen molar-refractivity contribution in [3.63, 3.8) is 0 Å². The molecular weight excluding hydrogens is 322 g/mol. The van der Waals surface area contributed by atoms with E-state index >= 15 is 0 Å². The number of amides is 1. The molecule has 1 saturated heterocycles. The molecule has 2 atom stereocenters. The number of benzene rings is 1. The van der Waals surface area contributed by atoms with Gasteiger partial charge in [0.25, 0.3) is 0 Å². The average Bonchev–Trinajstić information content (AvgIpc) is 3.14. The molecule has 1 aromatic rings. The Labute approximate surface area is 149 Å². The smallest absolute Gasteiger partial charge is 0.310 e. The van der Waals surface area contributed by atoms with E-state index in [1.807, 2.05) is 30.3 Å². The zero-order chi connectivity index (χ0) is 18.1. The van der Waals surface area contributed by atoms with Crippen LogP contribution in [0.5, 0.6) is 5.75 Å². The third kappa shape index (κ3) is 6.38. The molecule has 0 saturated carbocycles. The van der Waals surface area contributed by atoms with E-state index < -0.39 is 0 Å². The second-order valence-electron chi connectivity index (χ2n) is 6.27. The van der Waals surface area contributed by atoms with E-state index in [1.54, 1.807) is 11.8 Å². The number of methoxy groups -OCH3 is 1. The van der Waals surface area contributed by atoms with Gasteiger partial charge in [0.15, 0.2) is 0 Å². The van der Waals surface area contributed by atoms with Gasteiger partial charge in [-0.25, -0.2) is 0 Å². The maximum absolute atomic E-state index is 12.6. The van der Waals surface area contributed by atoms with E-state index in [9.17, 15) is 9.59 Å². The first kappa shape index (κ1) is 19.2. The Morgan fingerprint density at radius 2 is 2.08 bits per heavy atom.